The summed E-state index contributed by atoms with van der Waals surface area (Å²) in [6.07, 6.45) is 4.78. The first-order valence-corrected chi connectivity index (χ1v) is 7.84. The fourth-order valence-electron chi connectivity index (χ4n) is 3.36. The van der Waals surface area contributed by atoms with Crippen LogP contribution in [-0.4, -0.2) is 23.7 Å². The predicted octanol–water partition coefficient (Wildman–Crippen LogP) is 2.60. The Hall–Kier alpha value is -1.42. The molecule has 21 heavy (non-hydrogen) atoms. The first-order valence-electron chi connectivity index (χ1n) is 7.84. The molecule has 3 rings (SSSR count). The lowest BCUT2D eigenvalue weighted by molar-refractivity contribution is -0.123. The molecule has 0 aliphatic heterocycles. The molecule has 4 heteroatoms. The van der Waals surface area contributed by atoms with E-state index in [1.807, 2.05) is 0 Å². The minimum atomic E-state index is -0.235. The predicted molar refractivity (Wildman–Crippen MR) is 78.2 cm³/mol. The van der Waals surface area contributed by atoms with E-state index in [2.05, 4.69) is 5.32 Å². The molecule has 1 amide bonds. The second kappa shape index (κ2) is 6.14. The molecular formula is C17H22FNO2. The topological polar surface area (TPSA) is 49.3 Å². The SMILES string of the molecule is O=C(NC1CCC(CO)CC1)C1CC1c1ccc(F)cc1. The van der Waals surface area contributed by atoms with Gasteiger partial charge in [0, 0.05) is 18.6 Å². The van der Waals surface area contributed by atoms with Crippen molar-refractivity contribution >= 4 is 5.91 Å². The number of carbonyl (C=O) groups excluding carboxylic acids is 1. The molecule has 2 aliphatic rings. The van der Waals surface area contributed by atoms with Crippen molar-refractivity contribution in [3.63, 3.8) is 0 Å². The van der Waals surface area contributed by atoms with Crippen LogP contribution in [0.4, 0.5) is 4.39 Å². The van der Waals surface area contributed by atoms with Gasteiger partial charge in [-0.15, -0.1) is 0 Å². The number of carbonyl (C=O) groups is 1. The second-order valence-corrected chi connectivity index (χ2v) is 6.41. The molecule has 1 aromatic carbocycles. The Bertz CT molecular complexity index is 494. The van der Waals surface area contributed by atoms with E-state index in [4.69, 9.17) is 5.11 Å². The third kappa shape index (κ3) is 3.43. The minimum absolute atomic E-state index is 0.0472. The molecule has 1 aromatic rings. The third-order valence-corrected chi connectivity index (χ3v) is 4.88. The molecule has 2 N–H and O–H groups in total. The van der Waals surface area contributed by atoms with E-state index in [9.17, 15) is 9.18 Å². The average Bonchev–Trinajstić information content (AvgIpc) is 3.29. The third-order valence-electron chi connectivity index (χ3n) is 4.88. The molecule has 0 heterocycles. The van der Waals surface area contributed by atoms with E-state index in [1.54, 1.807) is 12.1 Å². The highest BCUT2D eigenvalue weighted by molar-refractivity contribution is 5.83. The molecule has 2 fully saturated rings. The van der Waals surface area contributed by atoms with Crippen molar-refractivity contribution in [2.45, 2.75) is 44.1 Å². The summed E-state index contributed by atoms with van der Waals surface area (Å²) in [6.45, 7) is 0.260. The van der Waals surface area contributed by atoms with Gasteiger partial charge in [0.1, 0.15) is 5.82 Å². The van der Waals surface area contributed by atoms with Crippen LogP contribution in [0.25, 0.3) is 0 Å². The van der Waals surface area contributed by atoms with Crippen LogP contribution in [0.1, 0.15) is 43.6 Å². The molecule has 114 valence electrons. The normalized spacial score (nSPS) is 31.7. The molecule has 0 radical (unpaired) electrons. The molecule has 2 atom stereocenters. The fourth-order valence-corrected chi connectivity index (χ4v) is 3.36. The van der Waals surface area contributed by atoms with E-state index >= 15 is 0 Å². The number of aliphatic hydroxyl groups is 1. The van der Waals surface area contributed by atoms with Crippen LogP contribution < -0.4 is 5.32 Å². The Morgan fingerprint density at radius 2 is 1.86 bits per heavy atom. The molecule has 2 aliphatic carbocycles. The fraction of sp³-hybridized carbons (Fsp3) is 0.588. The zero-order valence-electron chi connectivity index (χ0n) is 12.1. The van der Waals surface area contributed by atoms with Gasteiger partial charge in [-0.05, 0) is 61.6 Å². The summed E-state index contributed by atoms with van der Waals surface area (Å²) in [5.74, 6) is 0.606. The highest BCUT2D eigenvalue weighted by Gasteiger charge is 2.44. The molecule has 0 spiro atoms. The van der Waals surface area contributed by atoms with Gasteiger partial charge in [-0.2, -0.15) is 0 Å². The van der Waals surface area contributed by atoms with Gasteiger partial charge in [0.05, 0.1) is 0 Å². The summed E-state index contributed by atoms with van der Waals surface area (Å²) in [7, 11) is 0. The van der Waals surface area contributed by atoms with Crippen LogP contribution in [0, 0.1) is 17.7 Å². The lowest BCUT2D eigenvalue weighted by Gasteiger charge is -2.28. The summed E-state index contributed by atoms with van der Waals surface area (Å²) in [5.41, 5.74) is 1.06. The number of hydrogen-bond donors (Lipinski definition) is 2. The number of rotatable bonds is 4. The summed E-state index contributed by atoms with van der Waals surface area (Å²) in [6, 6.07) is 6.73. The van der Waals surface area contributed by atoms with Gasteiger partial charge < -0.3 is 10.4 Å². The van der Waals surface area contributed by atoms with Crippen molar-refractivity contribution in [1.29, 1.82) is 0 Å². The van der Waals surface area contributed by atoms with Crippen molar-refractivity contribution < 1.29 is 14.3 Å². The second-order valence-electron chi connectivity index (χ2n) is 6.41. The molecule has 0 aromatic heterocycles. The maximum absolute atomic E-state index is 12.9. The quantitative estimate of drug-likeness (QED) is 0.896. The van der Waals surface area contributed by atoms with E-state index in [0.29, 0.717) is 5.92 Å². The maximum Gasteiger partial charge on any atom is 0.223 e. The summed E-state index contributed by atoms with van der Waals surface area (Å²) in [4.78, 5) is 12.2. The van der Waals surface area contributed by atoms with Crippen molar-refractivity contribution in [1.82, 2.24) is 5.32 Å². The van der Waals surface area contributed by atoms with E-state index < -0.39 is 0 Å². The number of halogens is 1. The smallest absolute Gasteiger partial charge is 0.223 e. The van der Waals surface area contributed by atoms with Crippen molar-refractivity contribution in [3.05, 3.63) is 35.6 Å². The lowest BCUT2D eigenvalue weighted by Crippen LogP contribution is -2.39. The van der Waals surface area contributed by atoms with E-state index in [0.717, 1.165) is 37.7 Å². The summed E-state index contributed by atoms with van der Waals surface area (Å²) in [5, 5.41) is 12.3. The highest BCUT2D eigenvalue weighted by Crippen LogP contribution is 2.47. The Morgan fingerprint density at radius 1 is 1.19 bits per heavy atom. The van der Waals surface area contributed by atoms with Crippen molar-refractivity contribution in [2.24, 2.45) is 11.8 Å². The molecular weight excluding hydrogens is 269 g/mol. The molecule has 0 saturated heterocycles. The monoisotopic (exact) mass is 291 g/mol. The lowest BCUT2D eigenvalue weighted by atomic mass is 9.86. The van der Waals surface area contributed by atoms with Gasteiger partial charge in [0.15, 0.2) is 0 Å². The molecule has 0 bridgehead atoms. The van der Waals surface area contributed by atoms with Crippen molar-refractivity contribution in [3.8, 4) is 0 Å². The summed E-state index contributed by atoms with van der Waals surface area (Å²) >= 11 is 0. The first-order chi connectivity index (χ1) is 10.2. The Labute approximate surface area is 124 Å². The maximum atomic E-state index is 12.9. The standard InChI is InChI=1S/C17H22FNO2/c18-13-5-3-12(4-6-13)15-9-16(15)17(21)19-14-7-1-11(10-20)2-8-14/h3-6,11,14-16,20H,1-2,7-10H2,(H,19,21). The minimum Gasteiger partial charge on any atom is -0.396 e. The van der Waals surface area contributed by atoms with Crippen LogP contribution >= 0.6 is 0 Å². The van der Waals surface area contributed by atoms with E-state index in [-0.39, 0.29) is 36.2 Å². The largest absolute Gasteiger partial charge is 0.396 e. The number of aliphatic hydroxyl groups excluding tert-OH is 1. The first kappa shape index (κ1) is 14.5. The van der Waals surface area contributed by atoms with Gasteiger partial charge in [-0.3, -0.25) is 4.79 Å². The van der Waals surface area contributed by atoms with Crippen LogP contribution in [-0.2, 0) is 4.79 Å². The molecule has 3 nitrogen and oxygen atoms in total. The number of benzene rings is 1. The summed E-state index contributed by atoms with van der Waals surface area (Å²) < 4.78 is 12.9. The molecule has 2 saturated carbocycles. The van der Waals surface area contributed by atoms with Gasteiger partial charge in [-0.25, -0.2) is 4.39 Å². The highest BCUT2D eigenvalue weighted by atomic mass is 19.1. The number of nitrogens with one attached hydrogen (secondary N) is 1. The van der Waals surface area contributed by atoms with Gasteiger partial charge in [-0.1, -0.05) is 12.1 Å². The van der Waals surface area contributed by atoms with Crippen molar-refractivity contribution in [2.75, 3.05) is 6.61 Å². The van der Waals surface area contributed by atoms with Crippen LogP contribution in [0.3, 0.4) is 0 Å². The van der Waals surface area contributed by atoms with Gasteiger partial charge in [0.25, 0.3) is 0 Å². The Kier molecular flexibility index (Phi) is 4.24. The van der Waals surface area contributed by atoms with Crippen LogP contribution in [0.15, 0.2) is 24.3 Å². The zero-order valence-corrected chi connectivity index (χ0v) is 12.1. The Morgan fingerprint density at radius 3 is 2.48 bits per heavy atom. The number of hydrogen-bond acceptors (Lipinski definition) is 2. The van der Waals surface area contributed by atoms with Gasteiger partial charge >= 0.3 is 0 Å². The zero-order chi connectivity index (χ0) is 14.8. The van der Waals surface area contributed by atoms with Gasteiger partial charge in [0.2, 0.25) is 5.91 Å². The van der Waals surface area contributed by atoms with Crippen LogP contribution in [0.5, 0.6) is 0 Å². The number of amides is 1. The average molecular weight is 291 g/mol. The van der Waals surface area contributed by atoms with Crippen LogP contribution in [0.2, 0.25) is 0 Å². The van der Waals surface area contributed by atoms with E-state index in [1.165, 1.54) is 12.1 Å². The molecule has 2 unspecified atom stereocenters. The Balaban J connectivity index is 1.48.